The van der Waals surface area contributed by atoms with Gasteiger partial charge < -0.3 is 0 Å². The summed E-state index contributed by atoms with van der Waals surface area (Å²) in [6.45, 7) is 0. The van der Waals surface area contributed by atoms with Gasteiger partial charge in [-0.15, -0.1) is 0 Å². The van der Waals surface area contributed by atoms with E-state index in [1.807, 2.05) is 22.6 Å². The molecular weight excluding hydrogens is 389 g/mol. The molecule has 0 saturated carbocycles. The van der Waals surface area contributed by atoms with Crippen molar-refractivity contribution < 1.29 is 9.18 Å². The monoisotopic (exact) mass is 394 g/mol. The van der Waals surface area contributed by atoms with Gasteiger partial charge in [0.05, 0.1) is 10.0 Å². The zero-order valence-electron chi connectivity index (χ0n) is 8.88. The molecule has 0 aromatic heterocycles. The minimum atomic E-state index is -0.370. The average molecular weight is 395 g/mol. The van der Waals surface area contributed by atoms with Gasteiger partial charge in [-0.2, -0.15) is 0 Å². The molecule has 5 heteroatoms. The summed E-state index contributed by atoms with van der Waals surface area (Å²) in [5.74, 6) is -0.581. The third-order valence-electron chi connectivity index (χ3n) is 2.36. The number of hydrogen-bond acceptors (Lipinski definition) is 1. The molecule has 0 N–H and O–H groups in total. The molecule has 0 aliphatic rings. The zero-order chi connectivity index (χ0) is 13.3. The van der Waals surface area contributed by atoms with Crippen LogP contribution in [-0.4, -0.2) is 5.78 Å². The van der Waals surface area contributed by atoms with Crippen molar-refractivity contribution in [2.24, 2.45) is 0 Å². The summed E-state index contributed by atoms with van der Waals surface area (Å²) < 4.78 is 13.5. The van der Waals surface area contributed by atoms with Crippen LogP contribution in [0.1, 0.15) is 15.9 Å². The maximum atomic E-state index is 13.0. The molecule has 0 spiro atoms. The number of halogens is 4. The summed E-state index contributed by atoms with van der Waals surface area (Å²) >= 11 is 13.6. The molecule has 0 unspecified atom stereocenters. The summed E-state index contributed by atoms with van der Waals surface area (Å²) in [4.78, 5) is 12.2. The van der Waals surface area contributed by atoms with E-state index in [0.717, 1.165) is 0 Å². The maximum absolute atomic E-state index is 13.0. The van der Waals surface area contributed by atoms with Crippen LogP contribution >= 0.6 is 45.8 Å². The van der Waals surface area contributed by atoms with E-state index in [2.05, 4.69) is 0 Å². The molecule has 92 valence electrons. The highest BCUT2D eigenvalue weighted by Crippen LogP contribution is 2.25. The number of hydrogen-bond donors (Lipinski definition) is 0. The van der Waals surface area contributed by atoms with Gasteiger partial charge in [-0.1, -0.05) is 23.2 Å². The second kappa shape index (κ2) is 5.55. The Labute approximate surface area is 127 Å². The van der Waals surface area contributed by atoms with Crippen LogP contribution in [0.15, 0.2) is 36.4 Å². The van der Waals surface area contributed by atoms with Crippen molar-refractivity contribution >= 4 is 51.6 Å². The first-order valence-electron chi connectivity index (χ1n) is 4.94. The van der Waals surface area contributed by atoms with Crippen molar-refractivity contribution in [2.75, 3.05) is 0 Å². The zero-order valence-corrected chi connectivity index (χ0v) is 12.6. The third kappa shape index (κ3) is 2.84. The lowest BCUT2D eigenvalue weighted by Gasteiger charge is -2.05. The Morgan fingerprint density at radius 2 is 1.78 bits per heavy atom. The van der Waals surface area contributed by atoms with Gasteiger partial charge in [0.25, 0.3) is 0 Å². The van der Waals surface area contributed by atoms with Gasteiger partial charge in [0.15, 0.2) is 5.78 Å². The van der Waals surface area contributed by atoms with E-state index >= 15 is 0 Å². The molecule has 2 rings (SSSR count). The first-order valence-corrected chi connectivity index (χ1v) is 6.77. The smallest absolute Gasteiger partial charge is 0.194 e. The van der Waals surface area contributed by atoms with Crippen molar-refractivity contribution in [2.45, 2.75) is 0 Å². The highest BCUT2D eigenvalue weighted by Gasteiger charge is 2.14. The van der Waals surface area contributed by atoms with E-state index < -0.39 is 0 Å². The maximum Gasteiger partial charge on any atom is 0.194 e. The molecule has 0 aliphatic heterocycles. The van der Waals surface area contributed by atoms with Crippen molar-refractivity contribution in [3.63, 3.8) is 0 Å². The average Bonchev–Trinajstić information content (AvgIpc) is 2.32. The Balaban J connectivity index is 2.44. The lowest BCUT2D eigenvalue weighted by molar-refractivity contribution is 0.103. The Morgan fingerprint density at radius 1 is 1.06 bits per heavy atom. The molecule has 0 heterocycles. The molecule has 0 radical (unpaired) electrons. The van der Waals surface area contributed by atoms with E-state index in [1.165, 1.54) is 24.3 Å². The van der Waals surface area contributed by atoms with Crippen LogP contribution in [0.4, 0.5) is 4.39 Å². The first-order chi connectivity index (χ1) is 8.49. The van der Waals surface area contributed by atoms with Crippen LogP contribution in [0, 0.1) is 9.39 Å². The van der Waals surface area contributed by atoms with E-state index in [1.54, 1.807) is 12.1 Å². The molecular formula is C13H6Cl2FIO. The number of benzene rings is 2. The normalized spacial score (nSPS) is 10.4. The minimum absolute atomic E-state index is 0.210. The Kier molecular flexibility index (Phi) is 4.25. The van der Waals surface area contributed by atoms with Gasteiger partial charge in [0.2, 0.25) is 0 Å². The van der Waals surface area contributed by atoms with Gasteiger partial charge in [-0.05, 0) is 59.0 Å². The fourth-order valence-electron chi connectivity index (χ4n) is 1.47. The van der Waals surface area contributed by atoms with Crippen molar-refractivity contribution in [1.82, 2.24) is 0 Å². The molecule has 18 heavy (non-hydrogen) atoms. The van der Waals surface area contributed by atoms with Gasteiger partial charge in [0.1, 0.15) is 5.82 Å². The fourth-order valence-corrected chi connectivity index (χ4v) is 2.49. The minimum Gasteiger partial charge on any atom is -0.289 e. The van der Waals surface area contributed by atoms with Crippen LogP contribution in [0.25, 0.3) is 0 Å². The molecule has 0 saturated heterocycles. The van der Waals surface area contributed by atoms with E-state index in [9.17, 15) is 9.18 Å². The number of carbonyl (C=O) groups excluding carboxylic acids is 1. The second-order valence-electron chi connectivity index (χ2n) is 3.58. The lowest BCUT2D eigenvalue weighted by Crippen LogP contribution is -2.04. The third-order valence-corrected chi connectivity index (χ3v) is 3.99. The van der Waals surface area contributed by atoms with E-state index in [0.29, 0.717) is 24.7 Å². The number of rotatable bonds is 2. The SMILES string of the molecule is O=C(c1ccc(Cl)c(Cl)c1)c1ccc(F)cc1I. The molecule has 0 aliphatic carbocycles. The molecule has 1 nitrogen and oxygen atoms in total. The topological polar surface area (TPSA) is 17.1 Å². The predicted octanol–water partition coefficient (Wildman–Crippen LogP) is 4.97. The Hall–Kier alpha value is -0.650. The Bertz CT molecular complexity index is 628. The standard InChI is InChI=1S/C13H6Cl2FIO/c14-10-4-1-7(5-11(10)15)13(18)9-3-2-8(16)6-12(9)17/h1-6H. The molecule has 0 fully saturated rings. The molecule has 2 aromatic rings. The quantitative estimate of drug-likeness (QED) is 0.519. The number of carbonyl (C=O) groups is 1. The van der Waals surface area contributed by atoms with Crippen LogP contribution in [0.2, 0.25) is 10.0 Å². The predicted molar refractivity (Wildman–Crippen MR) is 79.0 cm³/mol. The van der Waals surface area contributed by atoms with Crippen molar-refractivity contribution in [3.8, 4) is 0 Å². The molecule has 0 bridgehead atoms. The summed E-state index contributed by atoms with van der Waals surface area (Å²) in [5, 5.41) is 0.710. The van der Waals surface area contributed by atoms with Gasteiger partial charge >= 0.3 is 0 Å². The Morgan fingerprint density at radius 3 is 2.39 bits per heavy atom. The largest absolute Gasteiger partial charge is 0.289 e. The summed E-state index contributed by atoms with van der Waals surface area (Å²) in [6, 6.07) is 8.69. The molecule has 0 atom stereocenters. The van der Waals surface area contributed by atoms with Gasteiger partial charge in [-0.3, -0.25) is 4.79 Å². The highest BCUT2D eigenvalue weighted by molar-refractivity contribution is 14.1. The second-order valence-corrected chi connectivity index (χ2v) is 5.56. The van der Waals surface area contributed by atoms with E-state index in [-0.39, 0.29) is 11.6 Å². The van der Waals surface area contributed by atoms with E-state index in [4.69, 9.17) is 23.2 Å². The molecule has 0 amide bonds. The summed E-state index contributed by atoms with van der Waals surface area (Å²) in [7, 11) is 0. The highest BCUT2D eigenvalue weighted by atomic mass is 127. The summed E-state index contributed by atoms with van der Waals surface area (Å²) in [6.07, 6.45) is 0. The lowest BCUT2D eigenvalue weighted by atomic mass is 10.0. The van der Waals surface area contributed by atoms with Crippen LogP contribution in [0.5, 0.6) is 0 Å². The van der Waals surface area contributed by atoms with Crippen LogP contribution in [0.3, 0.4) is 0 Å². The summed E-state index contributed by atoms with van der Waals surface area (Å²) in [5.41, 5.74) is 0.865. The number of ketones is 1. The fraction of sp³-hybridized carbons (Fsp3) is 0. The van der Waals surface area contributed by atoms with Crippen molar-refractivity contribution in [3.05, 3.63) is 67.0 Å². The van der Waals surface area contributed by atoms with Crippen LogP contribution in [-0.2, 0) is 0 Å². The van der Waals surface area contributed by atoms with Gasteiger partial charge in [-0.25, -0.2) is 4.39 Å². The van der Waals surface area contributed by atoms with Gasteiger partial charge in [0, 0.05) is 14.7 Å². The van der Waals surface area contributed by atoms with Crippen molar-refractivity contribution in [1.29, 1.82) is 0 Å². The first kappa shape index (κ1) is 13.8. The van der Waals surface area contributed by atoms with Crippen LogP contribution < -0.4 is 0 Å². The molecule has 2 aromatic carbocycles.